The summed E-state index contributed by atoms with van der Waals surface area (Å²) in [5.41, 5.74) is 8.54. The Labute approximate surface area is 177 Å². The lowest BCUT2D eigenvalue weighted by atomic mass is 9.74. The van der Waals surface area contributed by atoms with E-state index in [9.17, 15) is 9.90 Å². The Bertz CT molecular complexity index is 892. The first-order valence-corrected chi connectivity index (χ1v) is 10.3. The molecular formula is C21H24BrN3O4. The third-order valence-corrected chi connectivity index (χ3v) is 6.39. The fourth-order valence-corrected chi connectivity index (χ4v) is 4.71. The number of rotatable bonds is 5. The van der Waals surface area contributed by atoms with Gasteiger partial charge in [-0.3, -0.25) is 10.1 Å². The first kappa shape index (κ1) is 20.2. The molecule has 2 heterocycles. The monoisotopic (exact) mass is 461 g/mol. The van der Waals surface area contributed by atoms with Crippen molar-refractivity contribution < 1.29 is 19.4 Å². The van der Waals surface area contributed by atoms with Gasteiger partial charge in [-0.25, -0.2) is 10.9 Å². The number of methoxy groups -OCH3 is 2. The predicted molar refractivity (Wildman–Crippen MR) is 112 cm³/mol. The maximum absolute atomic E-state index is 12.2. The first-order chi connectivity index (χ1) is 14.0. The number of benzene rings is 2. The van der Waals surface area contributed by atoms with Gasteiger partial charge in [0, 0.05) is 28.1 Å². The summed E-state index contributed by atoms with van der Waals surface area (Å²) < 4.78 is 11.8. The van der Waals surface area contributed by atoms with Gasteiger partial charge in [-0.05, 0) is 30.2 Å². The van der Waals surface area contributed by atoms with Crippen molar-refractivity contribution in [1.82, 2.24) is 16.2 Å². The molecule has 0 radical (unpaired) electrons. The van der Waals surface area contributed by atoms with Gasteiger partial charge in [0.2, 0.25) is 0 Å². The minimum absolute atomic E-state index is 0.0968. The van der Waals surface area contributed by atoms with Crippen LogP contribution in [0.3, 0.4) is 0 Å². The normalized spacial score (nSPS) is 28.6. The van der Waals surface area contributed by atoms with Crippen LogP contribution < -0.4 is 25.6 Å². The van der Waals surface area contributed by atoms with Gasteiger partial charge in [-0.2, -0.15) is 0 Å². The summed E-state index contributed by atoms with van der Waals surface area (Å²) in [6.45, 7) is 0. The van der Waals surface area contributed by atoms with Crippen LogP contribution >= 0.6 is 15.9 Å². The molecule has 2 aromatic carbocycles. The molecule has 0 aliphatic carbocycles. The van der Waals surface area contributed by atoms with Crippen LogP contribution in [0.1, 0.15) is 29.6 Å². The molecule has 0 saturated carbocycles. The lowest BCUT2D eigenvalue weighted by Crippen LogP contribution is -2.53. The molecule has 29 heavy (non-hydrogen) atoms. The number of halogens is 1. The Balaban J connectivity index is 1.63. The Morgan fingerprint density at radius 1 is 1.10 bits per heavy atom. The van der Waals surface area contributed by atoms with Crippen LogP contribution in [-0.2, 0) is 4.79 Å². The van der Waals surface area contributed by atoms with Crippen LogP contribution in [0, 0.1) is 11.8 Å². The third-order valence-electron chi connectivity index (χ3n) is 5.86. The van der Waals surface area contributed by atoms with Crippen LogP contribution in [0.25, 0.3) is 0 Å². The third kappa shape index (κ3) is 3.85. The zero-order valence-corrected chi connectivity index (χ0v) is 17.8. The molecule has 154 valence electrons. The van der Waals surface area contributed by atoms with E-state index < -0.39 is 11.9 Å². The maximum atomic E-state index is 12.2. The zero-order valence-electron chi connectivity index (χ0n) is 16.2. The van der Waals surface area contributed by atoms with Gasteiger partial charge in [0.1, 0.15) is 11.5 Å². The van der Waals surface area contributed by atoms with Crippen molar-refractivity contribution >= 4 is 21.9 Å². The molecule has 2 aliphatic rings. The highest BCUT2D eigenvalue weighted by molar-refractivity contribution is 9.10. The highest BCUT2D eigenvalue weighted by atomic mass is 79.9. The topological polar surface area (TPSA) is 91.9 Å². The van der Waals surface area contributed by atoms with Gasteiger partial charge < -0.3 is 14.6 Å². The zero-order chi connectivity index (χ0) is 20.5. The summed E-state index contributed by atoms with van der Waals surface area (Å²) in [6.07, 6.45) is 0.283. The van der Waals surface area contributed by atoms with Gasteiger partial charge in [0.05, 0.1) is 32.3 Å². The van der Waals surface area contributed by atoms with Crippen molar-refractivity contribution in [3.05, 3.63) is 58.1 Å². The fourth-order valence-electron chi connectivity index (χ4n) is 4.44. The Hall–Kier alpha value is -2.13. The second-order valence-corrected chi connectivity index (χ2v) is 8.30. The summed E-state index contributed by atoms with van der Waals surface area (Å²) in [4.78, 5) is 12.2. The fraction of sp³-hybridized carbons (Fsp3) is 0.381. The number of piperidine rings is 1. The number of fused-ring (bicyclic) bond motifs is 1. The van der Waals surface area contributed by atoms with E-state index in [1.165, 1.54) is 0 Å². The number of aliphatic carboxylic acids is 1. The van der Waals surface area contributed by atoms with E-state index in [1.807, 2.05) is 42.5 Å². The summed E-state index contributed by atoms with van der Waals surface area (Å²) in [7, 11) is 3.21. The summed E-state index contributed by atoms with van der Waals surface area (Å²) in [5, 5.41) is 13.6. The Morgan fingerprint density at radius 3 is 2.52 bits per heavy atom. The molecule has 0 bridgehead atoms. The van der Waals surface area contributed by atoms with Crippen LogP contribution in [0.2, 0.25) is 0 Å². The number of carbonyl (C=O) groups is 1. The second kappa shape index (κ2) is 8.31. The van der Waals surface area contributed by atoms with Gasteiger partial charge >= 0.3 is 5.97 Å². The number of carboxylic acids is 1. The number of carboxylic acid groups (broad SMARTS) is 1. The molecule has 0 aromatic heterocycles. The minimum atomic E-state index is -0.786. The summed E-state index contributed by atoms with van der Waals surface area (Å²) >= 11 is 3.45. The minimum Gasteiger partial charge on any atom is -0.497 e. The molecule has 2 saturated heterocycles. The van der Waals surface area contributed by atoms with E-state index in [1.54, 1.807) is 14.2 Å². The van der Waals surface area contributed by atoms with Gasteiger partial charge in [0.25, 0.3) is 0 Å². The molecule has 7 nitrogen and oxygen atoms in total. The lowest BCUT2D eigenvalue weighted by Gasteiger charge is -2.39. The Kier molecular flexibility index (Phi) is 5.78. The molecular weight excluding hydrogens is 438 g/mol. The maximum Gasteiger partial charge on any atom is 0.307 e. The number of hydrazine groups is 1. The SMILES string of the molecule is COc1ccc(C2CC(C(=O)O)C3C(NNC3c3ccc(Br)cc3)N2)c(OC)c1. The smallest absolute Gasteiger partial charge is 0.307 e. The molecule has 5 unspecified atom stereocenters. The van der Waals surface area contributed by atoms with Gasteiger partial charge in [-0.1, -0.05) is 34.1 Å². The largest absolute Gasteiger partial charge is 0.497 e. The van der Waals surface area contributed by atoms with Crippen molar-refractivity contribution in [2.45, 2.75) is 24.7 Å². The average molecular weight is 462 g/mol. The molecule has 2 fully saturated rings. The second-order valence-electron chi connectivity index (χ2n) is 7.38. The first-order valence-electron chi connectivity index (χ1n) is 9.49. The van der Waals surface area contributed by atoms with Gasteiger partial charge in [0.15, 0.2) is 0 Å². The average Bonchev–Trinajstić information content (AvgIpc) is 3.17. The lowest BCUT2D eigenvalue weighted by molar-refractivity contribution is -0.146. The number of ether oxygens (including phenoxy) is 2. The number of hydrogen-bond acceptors (Lipinski definition) is 6. The van der Waals surface area contributed by atoms with Crippen LogP contribution in [0.4, 0.5) is 0 Å². The van der Waals surface area contributed by atoms with Crippen LogP contribution in [0.5, 0.6) is 11.5 Å². The van der Waals surface area contributed by atoms with Crippen molar-refractivity contribution in [1.29, 1.82) is 0 Å². The molecule has 4 N–H and O–H groups in total. The van der Waals surface area contributed by atoms with E-state index in [0.29, 0.717) is 17.9 Å². The summed E-state index contributed by atoms with van der Waals surface area (Å²) in [6, 6.07) is 13.4. The highest BCUT2D eigenvalue weighted by Crippen LogP contribution is 2.44. The molecule has 5 atom stereocenters. The van der Waals surface area contributed by atoms with E-state index in [4.69, 9.17) is 9.47 Å². The van der Waals surface area contributed by atoms with Crippen molar-refractivity contribution in [3.63, 3.8) is 0 Å². The standard InChI is InChI=1S/C21H24BrN3O4/c1-28-13-7-8-14(17(9-13)29-2)16-10-15(21(26)27)18-19(24-25-20(18)23-16)11-3-5-12(22)6-4-11/h3-9,15-16,18-20,23-25H,10H2,1-2H3,(H,26,27). The van der Waals surface area contributed by atoms with Gasteiger partial charge in [-0.15, -0.1) is 0 Å². The van der Waals surface area contributed by atoms with E-state index in [-0.39, 0.29) is 24.2 Å². The number of hydrogen-bond donors (Lipinski definition) is 4. The molecule has 8 heteroatoms. The van der Waals surface area contributed by atoms with E-state index in [2.05, 4.69) is 32.1 Å². The molecule has 2 aromatic rings. The highest BCUT2D eigenvalue weighted by Gasteiger charge is 2.49. The quantitative estimate of drug-likeness (QED) is 0.543. The molecule has 0 spiro atoms. The molecule has 4 rings (SSSR count). The Morgan fingerprint density at radius 2 is 1.86 bits per heavy atom. The van der Waals surface area contributed by atoms with Crippen LogP contribution in [0.15, 0.2) is 46.9 Å². The van der Waals surface area contributed by atoms with Crippen LogP contribution in [-0.4, -0.2) is 31.5 Å². The van der Waals surface area contributed by atoms with Crippen molar-refractivity contribution in [2.75, 3.05) is 14.2 Å². The molecule has 0 amide bonds. The van der Waals surface area contributed by atoms with Crippen molar-refractivity contribution in [2.24, 2.45) is 11.8 Å². The van der Waals surface area contributed by atoms with Crippen molar-refractivity contribution in [3.8, 4) is 11.5 Å². The van der Waals surface area contributed by atoms with E-state index in [0.717, 1.165) is 15.6 Å². The number of nitrogens with one attached hydrogen (secondary N) is 3. The summed E-state index contributed by atoms with van der Waals surface area (Å²) in [5.74, 6) is -0.0557. The molecule has 2 aliphatic heterocycles. The predicted octanol–water partition coefficient (Wildman–Crippen LogP) is 2.99. The van der Waals surface area contributed by atoms with E-state index >= 15 is 0 Å².